The molecule has 0 unspecified atom stereocenters. The van der Waals surface area contributed by atoms with Gasteiger partial charge >= 0.3 is 6.09 Å². The first-order valence-electron chi connectivity index (χ1n) is 7.37. The summed E-state index contributed by atoms with van der Waals surface area (Å²) in [6, 6.07) is 3.68. The Kier molecular flexibility index (Phi) is 4.50. The number of nitrogens with zero attached hydrogens (tertiary/aromatic N) is 4. The van der Waals surface area contributed by atoms with E-state index in [0.717, 1.165) is 12.8 Å². The summed E-state index contributed by atoms with van der Waals surface area (Å²) in [5, 5.41) is 7.64. The van der Waals surface area contributed by atoms with Crippen LogP contribution in [0, 0.1) is 11.6 Å². The molecule has 1 aromatic carbocycles. The van der Waals surface area contributed by atoms with Crippen LogP contribution >= 0.6 is 0 Å². The quantitative estimate of drug-likeness (QED) is 0.867. The molecule has 0 aliphatic carbocycles. The lowest BCUT2D eigenvalue weighted by atomic mass is 10.2. The molecule has 6 nitrogen and oxygen atoms in total. The number of rotatable bonds is 4. The normalized spacial score (nSPS) is 14.3. The van der Waals surface area contributed by atoms with Crippen LogP contribution in [-0.4, -0.2) is 39.1 Å². The third kappa shape index (κ3) is 3.64. The molecule has 3 rings (SSSR count). The van der Waals surface area contributed by atoms with E-state index in [4.69, 9.17) is 4.74 Å². The minimum absolute atomic E-state index is 0.0188. The largest absolute Gasteiger partial charge is 0.443 e. The Balaban J connectivity index is 1.58. The fourth-order valence-corrected chi connectivity index (χ4v) is 2.45. The van der Waals surface area contributed by atoms with Gasteiger partial charge in [0.05, 0.1) is 12.7 Å². The first-order chi connectivity index (χ1) is 11.1. The third-order valence-corrected chi connectivity index (χ3v) is 3.68. The van der Waals surface area contributed by atoms with Crippen LogP contribution in [0.3, 0.4) is 0 Å². The Hall–Kier alpha value is -2.51. The average molecular weight is 322 g/mol. The first kappa shape index (κ1) is 15.4. The molecule has 1 fully saturated rings. The van der Waals surface area contributed by atoms with E-state index in [1.807, 2.05) is 0 Å². The van der Waals surface area contributed by atoms with E-state index in [-0.39, 0.29) is 24.8 Å². The van der Waals surface area contributed by atoms with Crippen LogP contribution in [0.15, 0.2) is 24.4 Å². The highest BCUT2D eigenvalue weighted by atomic mass is 19.1. The van der Waals surface area contributed by atoms with Gasteiger partial charge in [0.1, 0.15) is 23.9 Å². The highest BCUT2D eigenvalue weighted by molar-refractivity contribution is 5.67. The maximum absolute atomic E-state index is 13.6. The highest BCUT2D eigenvalue weighted by Gasteiger charge is 2.19. The minimum Gasteiger partial charge on any atom is -0.443 e. The number of carbonyl (C=O) groups is 1. The van der Waals surface area contributed by atoms with Crippen molar-refractivity contribution >= 4 is 6.09 Å². The SMILES string of the molecule is O=C(OCc1cn(Cc2c(F)cccc2F)nn1)N1CCCC1. The number of ether oxygens (including phenoxy) is 1. The second-order valence-corrected chi connectivity index (χ2v) is 5.36. The van der Waals surface area contributed by atoms with Crippen LogP contribution in [0.25, 0.3) is 0 Å². The molecule has 1 aliphatic rings. The summed E-state index contributed by atoms with van der Waals surface area (Å²) in [4.78, 5) is 13.4. The van der Waals surface area contributed by atoms with Gasteiger partial charge in [-0.1, -0.05) is 11.3 Å². The Labute approximate surface area is 131 Å². The number of carbonyl (C=O) groups excluding carboxylic acids is 1. The molecule has 8 heteroatoms. The number of benzene rings is 1. The molecule has 2 aromatic rings. The Morgan fingerprint density at radius 2 is 1.91 bits per heavy atom. The Bertz CT molecular complexity index is 678. The zero-order valence-electron chi connectivity index (χ0n) is 12.4. The van der Waals surface area contributed by atoms with Crippen molar-refractivity contribution in [2.45, 2.75) is 26.0 Å². The standard InChI is InChI=1S/C15H16F2N4O2/c16-13-4-3-5-14(17)12(13)9-21-8-11(18-19-21)10-23-15(22)20-6-1-2-7-20/h3-5,8H,1-2,6-7,9-10H2. The molecule has 1 aliphatic heterocycles. The number of halogens is 2. The zero-order valence-corrected chi connectivity index (χ0v) is 12.4. The zero-order chi connectivity index (χ0) is 16.2. The third-order valence-electron chi connectivity index (χ3n) is 3.68. The summed E-state index contributed by atoms with van der Waals surface area (Å²) in [5.41, 5.74) is 0.340. The summed E-state index contributed by atoms with van der Waals surface area (Å²) < 4.78 is 33.6. The van der Waals surface area contributed by atoms with Crippen molar-refractivity contribution in [1.82, 2.24) is 19.9 Å². The molecule has 1 saturated heterocycles. The van der Waals surface area contributed by atoms with Crippen molar-refractivity contribution in [2.24, 2.45) is 0 Å². The van der Waals surface area contributed by atoms with Crippen LogP contribution in [0.2, 0.25) is 0 Å². The molecular weight excluding hydrogens is 306 g/mol. The fourth-order valence-electron chi connectivity index (χ4n) is 2.45. The van der Waals surface area contributed by atoms with Gasteiger partial charge < -0.3 is 9.64 Å². The summed E-state index contributed by atoms with van der Waals surface area (Å²) in [5.74, 6) is -1.27. The molecule has 122 valence electrons. The van der Waals surface area contributed by atoms with Crippen LogP contribution in [0.4, 0.5) is 13.6 Å². The summed E-state index contributed by atoms with van der Waals surface area (Å²) in [7, 11) is 0. The second kappa shape index (κ2) is 6.72. The number of hydrogen-bond donors (Lipinski definition) is 0. The van der Waals surface area contributed by atoms with Crippen molar-refractivity contribution in [3.8, 4) is 0 Å². The molecule has 1 aromatic heterocycles. The van der Waals surface area contributed by atoms with Crippen LogP contribution in [0.1, 0.15) is 24.1 Å². The molecule has 2 heterocycles. The maximum atomic E-state index is 13.6. The van der Waals surface area contributed by atoms with Crippen LogP contribution < -0.4 is 0 Å². The molecule has 0 N–H and O–H groups in total. The molecule has 0 spiro atoms. The topological polar surface area (TPSA) is 60.3 Å². The molecule has 1 amide bonds. The lowest BCUT2D eigenvalue weighted by Gasteiger charge is -2.14. The van der Waals surface area contributed by atoms with Crippen LogP contribution in [0.5, 0.6) is 0 Å². The number of hydrogen-bond acceptors (Lipinski definition) is 4. The molecule has 0 radical (unpaired) electrons. The van der Waals surface area contributed by atoms with Crippen molar-refractivity contribution in [3.05, 3.63) is 47.3 Å². The van der Waals surface area contributed by atoms with Gasteiger partial charge in [-0.05, 0) is 25.0 Å². The fraction of sp³-hybridized carbons (Fsp3) is 0.400. The lowest BCUT2D eigenvalue weighted by molar-refractivity contribution is 0.103. The van der Waals surface area contributed by atoms with E-state index in [0.29, 0.717) is 18.8 Å². The Morgan fingerprint density at radius 3 is 2.61 bits per heavy atom. The van der Waals surface area contributed by atoms with Crippen molar-refractivity contribution in [1.29, 1.82) is 0 Å². The molecule has 0 saturated carbocycles. The van der Waals surface area contributed by atoms with E-state index < -0.39 is 11.6 Å². The Morgan fingerprint density at radius 1 is 1.22 bits per heavy atom. The smallest absolute Gasteiger partial charge is 0.410 e. The average Bonchev–Trinajstić information content (AvgIpc) is 3.20. The van der Waals surface area contributed by atoms with Crippen molar-refractivity contribution in [2.75, 3.05) is 13.1 Å². The van der Waals surface area contributed by atoms with Gasteiger partial charge in [-0.3, -0.25) is 0 Å². The second-order valence-electron chi connectivity index (χ2n) is 5.36. The van der Waals surface area contributed by atoms with Gasteiger partial charge in [-0.2, -0.15) is 0 Å². The maximum Gasteiger partial charge on any atom is 0.410 e. The molecule has 0 bridgehead atoms. The highest BCUT2D eigenvalue weighted by Crippen LogP contribution is 2.14. The van der Waals surface area contributed by atoms with E-state index in [9.17, 15) is 13.6 Å². The van der Waals surface area contributed by atoms with E-state index in [2.05, 4.69) is 10.3 Å². The summed E-state index contributed by atoms with van der Waals surface area (Å²) >= 11 is 0. The van der Waals surface area contributed by atoms with Gasteiger partial charge in [0.2, 0.25) is 0 Å². The molecule has 23 heavy (non-hydrogen) atoms. The number of likely N-dealkylation sites (tertiary alicyclic amines) is 1. The first-order valence-corrected chi connectivity index (χ1v) is 7.37. The van der Waals surface area contributed by atoms with Gasteiger partial charge in [-0.25, -0.2) is 18.3 Å². The van der Waals surface area contributed by atoms with E-state index >= 15 is 0 Å². The van der Waals surface area contributed by atoms with Crippen LogP contribution in [-0.2, 0) is 17.9 Å². The van der Waals surface area contributed by atoms with E-state index in [1.54, 1.807) is 4.90 Å². The molecular formula is C15H16F2N4O2. The predicted molar refractivity (Wildman–Crippen MR) is 76.5 cm³/mol. The number of amides is 1. The summed E-state index contributed by atoms with van der Waals surface area (Å²) in [6.07, 6.45) is 3.10. The summed E-state index contributed by atoms with van der Waals surface area (Å²) in [6.45, 7) is 1.32. The van der Waals surface area contributed by atoms with Crippen molar-refractivity contribution in [3.63, 3.8) is 0 Å². The van der Waals surface area contributed by atoms with E-state index in [1.165, 1.54) is 29.1 Å². The van der Waals surface area contributed by atoms with Gasteiger partial charge in [0.15, 0.2) is 0 Å². The minimum atomic E-state index is -0.637. The van der Waals surface area contributed by atoms with Gasteiger partial charge in [0, 0.05) is 18.7 Å². The van der Waals surface area contributed by atoms with Crippen molar-refractivity contribution < 1.29 is 18.3 Å². The predicted octanol–water partition coefficient (Wildman–Crippen LogP) is 2.34. The monoisotopic (exact) mass is 322 g/mol. The van der Waals surface area contributed by atoms with Gasteiger partial charge in [-0.15, -0.1) is 5.10 Å². The number of aromatic nitrogens is 3. The van der Waals surface area contributed by atoms with Gasteiger partial charge in [0.25, 0.3) is 0 Å². The molecule has 0 atom stereocenters. The lowest BCUT2D eigenvalue weighted by Crippen LogP contribution is -2.28.